The first-order valence-electron chi connectivity index (χ1n) is 10.8. The van der Waals surface area contributed by atoms with Gasteiger partial charge in [0.2, 0.25) is 11.8 Å². The van der Waals surface area contributed by atoms with E-state index in [4.69, 9.17) is 17.2 Å². The minimum Gasteiger partial charge on any atom is -0.396 e. The zero-order chi connectivity index (χ0) is 23.3. The number of nitrogens with zero attached hydrogens (tertiary/aromatic N) is 2. The van der Waals surface area contributed by atoms with Gasteiger partial charge in [0.15, 0.2) is 5.96 Å². The van der Waals surface area contributed by atoms with Crippen molar-refractivity contribution in [2.45, 2.75) is 37.6 Å². The van der Waals surface area contributed by atoms with Gasteiger partial charge in [-0.05, 0) is 36.8 Å². The number of guanidine groups is 1. The molecule has 32 heavy (non-hydrogen) atoms. The lowest BCUT2D eigenvalue weighted by molar-refractivity contribution is -0.140. The fourth-order valence-electron chi connectivity index (χ4n) is 3.69. The molecule has 8 nitrogen and oxygen atoms in total. The lowest BCUT2D eigenvalue weighted by Gasteiger charge is -2.33. The van der Waals surface area contributed by atoms with E-state index < -0.39 is 17.9 Å². The van der Waals surface area contributed by atoms with Crippen LogP contribution in [0.25, 0.3) is 0 Å². The van der Waals surface area contributed by atoms with Crippen molar-refractivity contribution < 1.29 is 14.7 Å². The second kappa shape index (κ2) is 13.1. The molecular formula is C24H33N5O3. The highest BCUT2D eigenvalue weighted by molar-refractivity contribution is 5.92. The van der Waals surface area contributed by atoms with Gasteiger partial charge < -0.3 is 27.2 Å². The first-order valence-corrected chi connectivity index (χ1v) is 10.8. The highest BCUT2D eigenvalue weighted by atomic mass is 16.3. The van der Waals surface area contributed by atoms with Crippen molar-refractivity contribution in [2.75, 3.05) is 19.7 Å². The van der Waals surface area contributed by atoms with Crippen LogP contribution < -0.4 is 17.2 Å². The molecule has 0 aliphatic rings. The van der Waals surface area contributed by atoms with Gasteiger partial charge in [-0.3, -0.25) is 14.6 Å². The smallest absolute Gasteiger partial charge is 0.240 e. The van der Waals surface area contributed by atoms with Crippen molar-refractivity contribution in [1.29, 1.82) is 0 Å². The van der Waals surface area contributed by atoms with Crippen molar-refractivity contribution >= 4 is 17.8 Å². The lowest BCUT2D eigenvalue weighted by atomic mass is 9.89. The van der Waals surface area contributed by atoms with Crippen LogP contribution >= 0.6 is 0 Å². The second-order valence-electron chi connectivity index (χ2n) is 7.58. The molecular weight excluding hydrogens is 406 g/mol. The molecule has 2 aromatic carbocycles. The summed E-state index contributed by atoms with van der Waals surface area (Å²) >= 11 is 0. The molecule has 0 fully saturated rings. The highest BCUT2D eigenvalue weighted by Crippen LogP contribution is 2.28. The van der Waals surface area contributed by atoms with Gasteiger partial charge in [0.25, 0.3) is 0 Å². The zero-order valence-corrected chi connectivity index (χ0v) is 18.3. The molecule has 0 saturated carbocycles. The molecule has 1 atom stereocenters. The van der Waals surface area contributed by atoms with E-state index in [2.05, 4.69) is 4.99 Å². The molecule has 2 rings (SSSR count). The number of aliphatic hydroxyl groups is 1. The Balaban J connectivity index is 2.38. The van der Waals surface area contributed by atoms with Crippen molar-refractivity contribution in [1.82, 2.24) is 4.90 Å². The minimum absolute atomic E-state index is 0.00849. The molecule has 7 N–H and O–H groups in total. The normalized spacial score (nSPS) is 11.7. The molecule has 2 aromatic rings. The van der Waals surface area contributed by atoms with Crippen LogP contribution in [0.5, 0.6) is 0 Å². The Morgan fingerprint density at radius 3 is 1.91 bits per heavy atom. The summed E-state index contributed by atoms with van der Waals surface area (Å²) in [6, 6.07) is 18.1. The topological polar surface area (TPSA) is 148 Å². The fourth-order valence-corrected chi connectivity index (χ4v) is 3.69. The summed E-state index contributed by atoms with van der Waals surface area (Å²) < 4.78 is 0. The summed E-state index contributed by atoms with van der Waals surface area (Å²) in [4.78, 5) is 31.8. The van der Waals surface area contributed by atoms with Gasteiger partial charge in [0.05, 0.1) is 5.92 Å². The van der Waals surface area contributed by atoms with Crippen molar-refractivity contribution in [3.05, 3.63) is 71.8 Å². The summed E-state index contributed by atoms with van der Waals surface area (Å²) in [5.41, 5.74) is 18.1. The third-order valence-electron chi connectivity index (χ3n) is 5.24. The molecule has 0 unspecified atom stereocenters. The average molecular weight is 440 g/mol. The fraction of sp³-hybridized carbons (Fsp3) is 0.375. The van der Waals surface area contributed by atoms with Gasteiger partial charge in [-0.2, -0.15) is 0 Å². The molecule has 2 amide bonds. The maximum Gasteiger partial charge on any atom is 0.240 e. The van der Waals surface area contributed by atoms with E-state index in [1.165, 1.54) is 0 Å². The zero-order valence-electron chi connectivity index (χ0n) is 18.3. The van der Waals surface area contributed by atoms with Crippen LogP contribution in [0.1, 0.15) is 42.7 Å². The monoisotopic (exact) mass is 439 g/mol. The number of amides is 2. The summed E-state index contributed by atoms with van der Waals surface area (Å²) in [6.07, 6.45) is 1.91. The third kappa shape index (κ3) is 7.39. The third-order valence-corrected chi connectivity index (χ3v) is 5.24. The maximum atomic E-state index is 13.9. The Kier molecular flexibility index (Phi) is 10.2. The van der Waals surface area contributed by atoms with Crippen LogP contribution in [-0.2, 0) is 9.59 Å². The van der Waals surface area contributed by atoms with E-state index >= 15 is 0 Å². The van der Waals surface area contributed by atoms with Crippen molar-refractivity contribution in [3.8, 4) is 0 Å². The van der Waals surface area contributed by atoms with Gasteiger partial charge in [-0.1, -0.05) is 60.7 Å². The predicted molar refractivity (Wildman–Crippen MR) is 126 cm³/mol. The van der Waals surface area contributed by atoms with E-state index in [0.29, 0.717) is 38.8 Å². The number of rotatable bonds is 13. The Bertz CT molecular complexity index is 830. The largest absolute Gasteiger partial charge is 0.396 e. The van der Waals surface area contributed by atoms with Crippen LogP contribution in [0.2, 0.25) is 0 Å². The molecule has 0 heterocycles. The summed E-state index contributed by atoms with van der Waals surface area (Å²) in [6.45, 7) is 0.658. The molecule has 0 spiro atoms. The number of aliphatic imine (C=N–C) groups is 1. The number of benzene rings is 2. The van der Waals surface area contributed by atoms with Crippen molar-refractivity contribution in [2.24, 2.45) is 22.2 Å². The Labute approximate surface area is 189 Å². The number of carbonyl (C=O) groups is 2. The number of hydrogen-bond acceptors (Lipinski definition) is 4. The first kappa shape index (κ1) is 24.9. The number of aliphatic hydroxyl groups excluding tert-OH is 1. The van der Waals surface area contributed by atoms with E-state index in [0.717, 1.165) is 11.1 Å². The van der Waals surface area contributed by atoms with Gasteiger partial charge in [-0.25, -0.2) is 0 Å². The number of primary amides is 1. The van der Waals surface area contributed by atoms with Crippen LogP contribution in [-0.4, -0.2) is 53.5 Å². The molecule has 0 aromatic heterocycles. The SMILES string of the molecule is NC(=O)[C@@H](CCCN=C(N)N)N(CCCCO)C(=O)C(c1ccccc1)c1ccccc1. The van der Waals surface area contributed by atoms with E-state index in [1.54, 1.807) is 4.90 Å². The number of nitrogens with two attached hydrogens (primary N) is 3. The Morgan fingerprint density at radius 1 is 0.875 bits per heavy atom. The molecule has 0 aliphatic heterocycles. The Morgan fingerprint density at radius 2 is 1.44 bits per heavy atom. The van der Waals surface area contributed by atoms with E-state index in [1.807, 2.05) is 60.7 Å². The predicted octanol–water partition coefficient (Wildman–Crippen LogP) is 1.33. The lowest BCUT2D eigenvalue weighted by Crippen LogP contribution is -2.50. The van der Waals surface area contributed by atoms with E-state index in [-0.39, 0.29) is 18.5 Å². The summed E-state index contributed by atoms with van der Waals surface area (Å²) in [5, 5.41) is 9.22. The van der Waals surface area contributed by atoms with Gasteiger partial charge in [-0.15, -0.1) is 0 Å². The highest BCUT2D eigenvalue weighted by Gasteiger charge is 2.33. The molecule has 0 radical (unpaired) electrons. The summed E-state index contributed by atoms with van der Waals surface area (Å²) in [5.74, 6) is -1.38. The average Bonchev–Trinajstić information content (AvgIpc) is 2.78. The number of hydrogen-bond donors (Lipinski definition) is 4. The number of carbonyl (C=O) groups excluding carboxylic acids is 2. The molecule has 0 aliphatic carbocycles. The quantitative estimate of drug-likeness (QED) is 0.211. The summed E-state index contributed by atoms with van der Waals surface area (Å²) in [7, 11) is 0. The van der Waals surface area contributed by atoms with Crippen LogP contribution in [0.4, 0.5) is 0 Å². The Hall–Kier alpha value is -3.39. The van der Waals surface area contributed by atoms with Crippen molar-refractivity contribution in [3.63, 3.8) is 0 Å². The minimum atomic E-state index is -0.801. The van der Waals surface area contributed by atoms with Gasteiger partial charge in [0.1, 0.15) is 6.04 Å². The molecule has 0 bridgehead atoms. The van der Waals surface area contributed by atoms with E-state index in [9.17, 15) is 14.7 Å². The van der Waals surface area contributed by atoms with Gasteiger partial charge in [0, 0.05) is 19.7 Å². The number of unbranched alkanes of at least 4 members (excludes halogenated alkanes) is 1. The van der Waals surface area contributed by atoms with Crippen LogP contribution in [0.3, 0.4) is 0 Å². The standard InChI is InChI=1S/C24H33N5O3/c25-22(31)20(14-9-15-28-24(26)27)29(16-7-8-17-30)23(32)21(18-10-3-1-4-11-18)19-12-5-2-6-13-19/h1-6,10-13,20-21,30H,7-9,14-17H2,(H2,25,31)(H4,26,27,28)/t20-/m1/s1. The second-order valence-corrected chi connectivity index (χ2v) is 7.58. The van der Waals surface area contributed by atoms with Gasteiger partial charge >= 0.3 is 0 Å². The molecule has 172 valence electrons. The van der Waals surface area contributed by atoms with Crippen LogP contribution in [0.15, 0.2) is 65.7 Å². The first-order chi connectivity index (χ1) is 15.5. The maximum absolute atomic E-state index is 13.9. The molecule has 0 saturated heterocycles. The molecule has 8 heteroatoms. The van der Waals surface area contributed by atoms with Crippen LogP contribution in [0, 0.1) is 0 Å².